The third-order valence-electron chi connectivity index (χ3n) is 1.72. The van der Waals surface area contributed by atoms with Crippen molar-refractivity contribution in [3.63, 3.8) is 0 Å². The monoisotopic (exact) mass is 158 g/mol. The largest absolute Gasteiger partial charge is 0.376 e. The van der Waals surface area contributed by atoms with Crippen LogP contribution in [0.15, 0.2) is 0 Å². The molecule has 4 heteroatoms. The van der Waals surface area contributed by atoms with Crippen LogP contribution in [-0.4, -0.2) is 31.7 Å². The molecule has 1 aliphatic rings. The third-order valence-corrected chi connectivity index (χ3v) is 1.72. The number of nitrogens with two attached hydrogens (primary N) is 1. The summed E-state index contributed by atoms with van der Waals surface area (Å²) in [6.07, 6.45) is 1.34. The predicted molar refractivity (Wildman–Crippen MR) is 41.0 cm³/mol. The first-order chi connectivity index (χ1) is 5.29. The van der Waals surface area contributed by atoms with Gasteiger partial charge in [0.05, 0.1) is 12.7 Å². The van der Waals surface area contributed by atoms with Crippen molar-refractivity contribution in [2.75, 3.05) is 19.7 Å². The van der Waals surface area contributed by atoms with Gasteiger partial charge in [0.1, 0.15) is 0 Å². The van der Waals surface area contributed by atoms with Crippen LogP contribution in [0.5, 0.6) is 0 Å². The van der Waals surface area contributed by atoms with Crippen molar-refractivity contribution >= 4 is 5.91 Å². The van der Waals surface area contributed by atoms with Gasteiger partial charge in [-0.1, -0.05) is 0 Å². The minimum atomic E-state index is -0.251. The Morgan fingerprint density at radius 2 is 2.55 bits per heavy atom. The van der Waals surface area contributed by atoms with Crippen molar-refractivity contribution in [1.82, 2.24) is 5.32 Å². The molecule has 1 saturated heterocycles. The van der Waals surface area contributed by atoms with E-state index in [0.717, 1.165) is 26.1 Å². The van der Waals surface area contributed by atoms with Crippen LogP contribution in [0.25, 0.3) is 0 Å². The number of nitrogens with one attached hydrogen (secondary N) is 1. The molecule has 3 N–H and O–H groups in total. The molecule has 1 aliphatic heterocycles. The molecule has 11 heavy (non-hydrogen) atoms. The lowest BCUT2D eigenvalue weighted by Crippen LogP contribution is -2.38. The molecule has 0 saturated carbocycles. The summed E-state index contributed by atoms with van der Waals surface area (Å²) < 4.78 is 5.36. The second-order valence-electron chi connectivity index (χ2n) is 2.70. The number of hydrogen-bond donors (Lipinski definition) is 2. The second kappa shape index (κ2) is 4.31. The van der Waals surface area contributed by atoms with E-state index in [-0.39, 0.29) is 12.0 Å². The fourth-order valence-electron chi connectivity index (χ4n) is 1.11. The summed E-state index contributed by atoms with van der Waals surface area (Å²) in [5, 5.41) is 3.18. The Balaban J connectivity index is 2.09. The molecular weight excluding hydrogens is 144 g/mol. The van der Waals surface area contributed by atoms with Crippen molar-refractivity contribution in [3.05, 3.63) is 0 Å². The van der Waals surface area contributed by atoms with Crippen LogP contribution in [-0.2, 0) is 9.53 Å². The highest BCUT2D eigenvalue weighted by atomic mass is 16.5. The van der Waals surface area contributed by atoms with Crippen LogP contribution in [0, 0.1) is 0 Å². The molecule has 64 valence electrons. The molecule has 1 rings (SSSR count). The van der Waals surface area contributed by atoms with Gasteiger partial charge in [0.2, 0.25) is 5.91 Å². The number of ether oxygens (including phenoxy) is 1. The van der Waals surface area contributed by atoms with Crippen molar-refractivity contribution in [2.45, 2.75) is 18.9 Å². The molecule has 0 aromatic heterocycles. The molecule has 0 aromatic rings. The maximum absolute atomic E-state index is 10.4. The van der Waals surface area contributed by atoms with Crippen LogP contribution < -0.4 is 11.1 Å². The number of carbonyl (C=O) groups excluding carboxylic acids is 1. The van der Waals surface area contributed by atoms with E-state index >= 15 is 0 Å². The van der Waals surface area contributed by atoms with E-state index in [2.05, 4.69) is 5.32 Å². The number of hydrogen-bond acceptors (Lipinski definition) is 3. The molecule has 0 aliphatic carbocycles. The molecule has 0 spiro atoms. The first-order valence-electron chi connectivity index (χ1n) is 3.89. The van der Waals surface area contributed by atoms with Crippen molar-refractivity contribution in [1.29, 1.82) is 0 Å². The fourth-order valence-corrected chi connectivity index (χ4v) is 1.11. The van der Waals surface area contributed by atoms with Gasteiger partial charge in [-0.15, -0.1) is 0 Å². The fraction of sp³-hybridized carbons (Fsp3) is 0.857. The van der Waals surface area contributed by atoms with E-state index in [1.807, 2.05) is 0 Å². The number of amides is 1. The molecule has 0 aromatic carbocycles. The lowest BCUT2D eigenvalue weighted by Gasteiger charge is -2.22. The Morgan fingerprint density at radius 1 is 1.73 bits per heavy atom. The second-order valence-corrected chi connectivity index (χ2v) is 2.70. The van der Waals surface area contributed by atoms with Gasteiger partial charge >= 0.3 is 0 Å². The molecule has 0 unspecified atom stereocenters. The molecule has 1 amide bonds. The van der Waals surface area contributed by atoms with Gasteiger partial charge in [-0.3, -0.25) is 4.79 Å². The Bertz CT molecular complexity index is 132. The Morgan fingerprint density at radius 3 is 3.09 bits per heavy atom. The number of carbonyl (C=O) groups is 1. The highest BCUT2D eigenvalue weighted by Crippen LogP contribution is 2.03. The summed E-state index contributed by atoms with van der Waals surface area (Å²) in [5.41, 5.74) is 4.99. The SMILES string of the molecule is NC(=O)CC[C@@H]1CNCCO1. The summed E-state index contributed by atoms with van der Waals surface area (Å²) in [7, 11) is 0. The van der Waals surface area contributed by atoms with Gasteiger partial charge in [-0.25, -0.2) is 0 Å². The van der Waals surface area contributed by atoms with Crippen LogP contribution >= 0.6 is 0 Å². The quantitative estimate of drug-likeness (QED) is 0.567. The first kappa shape index (κ1) is 8.49. The van der Waals surface area contributed by atoms with Gasteiger partial charge in [-0.2, -0.15) is 0 Å². The molecular formula is C7H14N2O2. The molecule has 0 radical (unpaired) electrons. The zero-order chi connectivity index (χ0) is 8.10. The summed E-state index contributed by atoms with van der Waals surface area (Å²) in [6.45, 7) is 2.49. The zero-order valence-corrected chi connectivity index (χ0v) is 6.51. The lowest BCUT2D eigenvalue weighted by molar-refractivity contribution is -0.118. The highest BCUT2D eigenvalue weighted by molar-refractivity contribution is 5.73. The summed E-state index contributed by atoms with van der Waals surface area (Å²) >= 11 is 0. The van der Waals surface area contributed by atoms with Crippen LogP contribution in [0.4, 0.5) is 0 Å². The molecule has 1 atom stereocenters. The van der Waals surface area contributed by atoms with Crippen molar-refractivity contribution in [3.8, 4) is 0 Å². The molecule has 0 bridgehead atoms. The Kier molecular flexibility index (Phi) is 3.32. The highest BCUT2D eigenvalue weighted by Gasteiger charge is 2.13. The van der Waals surface area contributed by atoms with Crippen molar-refractivity contribution in [2.24, 2.45) is 5.73 Å². The first-order valence-corrected chi connectivity index (χ1v) is 3.89. The number of morpholine rings is 1. The molecule has 1 heterocycles. The standard InChI is InChI=1S/C7H14N2O2/c8-7(10)2-1-6-5-9-3-4-11-6/h6,9H,1-5H2,(H2,8,10)/t6-/m1/s1. The normalized spacial score (nSPS) is 24.9. The van der Waals surface area contributed by atoms with E-state index in [1.54, 1.807) is 0 Å². The van der Waals surface area contributed by atoms with E-state index in [4.69, 9.17) is 10.5 Å². The van der Waals surface area contributed by atoms with E-state index < -0.39 is 0 Å². The smallest absolute Gasteiger partial charge is 0.217 e. The number of primary amides is 1. The minimum absolute atomic E-state index is 0.177. The van der Waals surface area contributed by atoms with Crippen LogP contribution in [0.1, 0.15) is 12.8 Å². The summed E-state index contributed by atoms with van der Waals surface area (Å²) in [5.74, 6) is -0.251. The maximum Gasteiger partial charge on any atom is 0.217 e. The van der Waals surface area contributed by atoms with Gasteiger partial charge < -0.3 is 15.8 Å². The zero-order valence-electron chi connectivity index (χ0n) is 6.51. The van der Waals surface area contributed by atoms with E-state index in [1.165, 1.54) is 0 Å². The van der Waals surface area contributed by atoms with Crippen LogP contribution in [0.3, 0.4) is 0 Å². The maximum atomic E-state index is 10.4. The van der Waals surface area contributed by atoms with Crippen molar-refractivity contribution < 1.29 is 9.53 Å². The molecule has 4 nitrogen and oxygen atoms in total. The third kappa shape index (κ3) is 3.34. The summed E-state index contributed by atoms with van der Waals surface area (Å²) in [6, 6.07) is 0. The van der Waals surface area contributed by atoms with Crippen LogP contribution in [0.2, 0.25) is 0 Å². The lowest BCUT2D eigenvalue weighted by atomic mass is 10.2. The summed E-state index contributed by atoms with van der Waals surface area (Å²) in [4.78, 5) is 10.4. The van der Waals surface area contributed by atoms with Gasteiger partial charge in [0.15, 0.2) is 0 Å². The van der Waals surface area contributed by atoms with E-state index in [0.29, 0.717) is 6.42 Å². The van der Waals surface area contributed by atoms with Gasteiger partial charge in [0.25, 0.3) is 0 Å². The average molecular weight is 158 g/mol. The predicted octanol–water partition coefficient (Wildman–Crippen LogP) is -0.760. The Labute approximate surface area is 66.1 Å². The van der Waals surface area contributed by atoms with E-state index in [9.17, 15) is 4.79 Å². The van der Waals surface area contributed by atoms with Gasteiger partial charge in [-0.05, 0) is 6.42 Å². The minimum Gasteiger partial charge on any atom is -0.376 e. The topological polar surface area (TPSA) is 64.4 Å². The Hall–Kier alpha value is -0.610. The van der Waals surface area contributed by atoms with Gasteiger partial charge in [0, 0.05) is 19.5 Å². The molecule has 1 fully saturated rings. The average Bonchev–Trinajstić information content (AvgIpc) is 2.03. The number of rotatable bonds is 3.